The zero-order chi connectivity index (χ0) is 15.4. The summed E-state index contributed by atoms with van der Waals surface area (Å²) in [6.07, 6.45) is 4.78. The standard InChI is InChI=1S/C16H16Cl2N2O/c1-3-12-6-8-20(9-7-12)11(2)16(21)19-15-10-13(17)4-5-14(15)18/h4-11H,3H2,1-2H3/p+1/t11-/m0/s1. The highest BCUT2D eigenvalue weighted by Gasteiger charge is 2.22. The molecule has 110 valence electrons. The van der Waals surface area contributed by atoms with Gasteiger partial charge in [0, 0.05) is 24.1 Å². The summed E-state index contributed by atoms with van der Waals surface area (Å²) in [4.78, 5) is 12.3. The minimum atomic E-state index is -0.342. The fourth-order valence-corrected chi connectivity index (χ4v) is 2.27. The number of halogens is 2. The van der Waals surface area contributed by atoms with Crippen LogP contribution in [0.25, 0.3) is 0 Å². The van der Waals surface area contributed by atoms with Crippen LogP contribution in [0.4, 0.5) is 5.69 Å². The van der Waals surface area contributed by atoms with E-state index in [4.69, 9.17) is 23.2 Å². The lowest BCUT2D eigenvalue weighted by atomic mass is 10.2. The van der Waals surface area contributed by atoms with E-state index in [1.54, 1.807) is 18.2 Å². The predicted octanol–water partition coefficient (Wildman–Crippen LogP) is 4.04. The molecule has 0 fully saturated rings. The quantitative estimate of drug-likeness (QED) is 0.846. The SMILES string of the molecule is CCc1cc[n+]([C@@H](C)C(=O)Nc2cc(Cl)ccc2Cl)cc1. The minimum absolute atomic E-state index is 0.145. The molecule has 0 aliphatic rings. The van der Waals surface area contributed by atoms with Crippen molar-refractivity contribution in [2.24, 2.45) is 0 Å². The molecule has 0 aliphatic carbocycles. The first-order valence-electron chi connectivity index (χ1n) is 6.77. The third-order valence-corrected chi connectivity index (χ3v) is 3.91. The first-order chi connectivity index (χ1) is 10.0. The van der Waals surface area contributed by atoms with Crippen LogP contribution < -0.4 is 9.88 Å². The average molecular weight is 324 g/mol. The summed E-state index contributed by atoms with van der Waals surface area (Å²) in [5, 5.41) is 3.80. The smallest absolute Gasteiger partial charge is 0.293 e. The molecular weight excluding hydrogens is 307 g/mol. The van der Waals surface area contributed by atoms with Gasteiger partial charge in [-0.25, -0.2) is 0 Å². The van der Waals surface area contributed by atoms with Crippen LogP contribution in [-0.2, 0) is 11.2 Å². The van der Waals surface area contributed by atoms with Gasteiger partial charge >= 0.3 is 0 Å². The predicted molar refractivity (Wildman–Crippen MR) is 85.8 cm³/mol. The number of rotatable bonds is 4. The molecular formula is C16H17Cl2N2O+. The maximum absolute atomic E-state index is 12.3. The molecule has 0 saturated heterocycles. The second-order valence-electron chi connectivity index (χ2n) is 4.80. The van der Waals surface area contributed by atoms with Crippen molar-refractivity contribution in [3.8, 4) is 0 Å². The molecule has 1 amide bonds. The Labute approximate surface area is 134 Å². The molecule has 1 aromatic heterocycles. The summed E-state index contributed by atoms with van der Waals surface area (Å²) >= 11 is 12.0. The number of hydrogen-bond donors (Lipinski definition) is 1. The van der Waals surface area contributed by atoms with Gasteiger partial charge in [0.05, 0.1) is 10.7 Å². The number of hydrogen-bond acceptors (Lipinski definition) is 1. The van der Waals surface area contributed by atoms with Gasteiger partial charge in [0.2, 0.25) is 6.04 Å². The molecule has 1 N–H and O–H groups in total. The number of amides is 1. The van der Waals surface area contributed by atoms with Crippen molar-refractivity contribution >= 4 is 34.8 Å². The molecule has 21 heavy (non-hydrogen) atoms. The number of carbonyl (C=O) groups excluding carboxylic acids is 1. The third kappa shape index (κ3) is 3.96. The summed E-state index contributed by atoms with van der Waals surface area (Å²) in [7, 11) is 0. The summed E-state index contributed by atoms with van der Waals surface area (Å²) < 4.78 is 1.85. The lowest BCUT2D eigenvalue weighted by Crippen LogP contribution is -2.44. The van der Waals surface area contributed by atoms with Crippen molar-refractivity contribution in [1.29, 1.82) is 0 Å². The zero-order valence-corrected chi connectivity index (χ0v) is 13.4. The second kappa shape index (κ2) is 6.92. The van der Waals surface area contributed by atoms with Crippen LogP contribution in [0.2, 0.25) is 10.0 Å². The molecule has 1 atom stereocenters. The third-order valence-electron chi connectivity index (χ3n) is 3.34. The molecule has 5 heteroatoms. The van der Waals surface area contributed by atoms with Crippen LogP contribution in [0, 0.1) is 0 Å². The van der Waals surface area contributed by atoms with Crippen LogP contribution in [0.15, 0.2) is 42.7 Å². The summed E-state index contributed by atoms with van der Waals surface area (Å²) in [6, 6.07) is 8.66. The normalized spacial score (nSPS) is 12.0. The fraction of sp³-hybridized carbons (Fsp3) is 0.250. The Morgan fingerprint density at radius 3 is 2.52 bits per heavy atom. The van der Waals surface area contributed by atoms with Gasteiger partial charge in [-0.15, -0.1) is 0 Å². The van der Waals surface area contributed by atoms with Gasteiger partial charge in [-0.2, -0.15) is 4.57 Å². The molecule has 1 aromatic carbocycles. The van der Waals surface area contributed by atoms with E-state index in [1.165, 1.54) is 5.56 Å². The topological polar surface area (TPSA) is 33.0 Å². The Balaban J connectivity index is 2.13. The number of aromatic nitrogens is 1. The minimum Gasteiger partial charge on any atom is -0.319 e. The van der Waals surface area contributed by atoms with Gasteiger partial charge in [-0.05, 0) is 30.2 Å². The van der Waals surface area contributed by atoms with Crippen molar-refractivity contribution in [3.63, 3.8) is 0 Å². The zero-order valence-electron chi connectivity index (χ0n) is 11.9. The van der Waals surface area contributed by atoms with Crippen molar-refractivity contribution in [2.45, 2.75) is 26.3 Å². The first-order valence-corrected chi connectivity index (χ1v) is 7.52. The molecule has 0 aliphatic heterocycles. The van der Waals surface area contributed by atoms with Crippen molar-refractivity contribution in [1.82, 2.24) is 0 Å². The van der Waals surface area contributed by atoms with E-state index in [1.807, 2.05) is 36.0 Å². The molecule has 2 aromatic rings. The van der Waals surface area contributed by atoms with Crippen LogP contribution in [0.1, 0.15) is 25.5 Å². The number of aryl methyl sites for hydroxylation is 1. The Morgan fingerprint density at radius 2 is 1.90 bits per heavy atom. The number of anilines is 1. The van der Waals surface area contributed by atoms with Crippen LogP contribution in [0.3, 0.4) is 0 Å². The number of pyridine rings is 1. The molecule has 0 bridgehead atoms. The second-order valence-corrected chi connectivity index (χ2v) is 5.64. The van der Waals surface area contributed by atoms with E-state index < -0.39 is 0 Å². The molecule has 0 radical (unpaired) electrons. The van der Waals surface area contributed by atoms with E-state index >= 15 is 0 Å². The van der Waals surface area contributed by atoms with Gasteiger partial charge in [0.15, 0.2) is 12.4 Å². The van der Waals surface area contributed by atoms with E-state index in [2.05, 4.69) is 12.2 Å². The number of nitrogens with one attached hydrogen (secondary N) is 1. The summed E-state index contributed by atoms with van der Waals surface area (Å²) in [5.74, 6) is -0.145. The Hall–Kier alpha value is -1.58. The summed E-state index contributed by atoms with van der Waals surface area (Å²) in [6.45, 7) is 3.93. The van der Waals surface area contributed by atoms with E-state index in [9.17, 15) is 4.79 Å². The van der Waals surface area contributed by atoms with Gasteiger partial charge < -0.3 is 5.32 Å². The summed E-state index contributed by atoms with van der Waals surface area (Å²) in [5.41, 5.74) is 1.75. The van der Waals surface area contributed by atoms with Crippen molar-refractivity contribution in [2.75, 3.05) is 5.32 Å². The Morgan fingerprint density at radius 1 is 1.24 bits per heavy atom. The van der Waals surface area contributed by atoms with Crippen molar-refractivity contribution < 1.29 is 9.36 Å². The highest BCUT2D eigenvalue weighted by Crippen LogP contribution is 2.25. The molecule has 0 saturated carbocycles. The molecule has 3 nitrogen and oxygen atoms in total. The highest BCUT2D eigenvalue weighted by atomic mass is 35.5. The number of carbonyl (C=O) groups is 1. The van der Waals surface area contributed by atoms with Gasteiger partial charge in [0.25, 0.3) is 5.91 Å². The van der Waals surface area contributed by atoms with Crippen LogP contribution >= 0.6 is 23.2 Å². The lowest BCUT2D eigenvalue weighted by molar-refractivity contribution is -0.705. The monoisotopic (exact) mass is 323 g/mol. The van der Waals surface area contributed by atoms with Gasteiger partial charge in [-0.3, -0.25) is 4.79 Å². The average Bonchev–Trinajstić information content (AvgIpc) is 2.50. The van der Waals surface area contributed by atoms with Crippen LogP contribution in [-0.4, -0.2) is 5.91 Å². The van der Waals surface area contributed by atoms with Crippen LogP contribution in [0.5, 0.6) is 0 Å². The van der Waals surface area contributed by atoms with E-state index in [0.29, 0.717) is 15.7 Å². The molecule has 1 heterocycles. The Bertz CT molecular complexity index is 641. The van der Waals surface area contributed by atoms with Crippen molar-refractivity contribution in [3.05, 3.63) is 58.3 Å². The van der Waals surface area contributed by atoms with E-state index in [0.717, 1.165) is 6.42 Å². The molecule has 0 unspecified atom stereocenters. The number of benzene rings is 1. The lowest BCUT2D eigenvalue weighted by Gasteiger charge is -2.10. The maximum atomic E-state index is 12.3. The van der Waals surface area contributed by atoms with Gasteiger partial charge in [0.1, 0.15) is 0 Å². The largest absolute Gasteiger partial charge is 0.319 e. The van der Waals surface area contributed by atoms with Gasteiger partial charge in [-0.1, -0.05) is 30.1 Å². The Kier molecular flexibility index (Phi) is 5.21. The van der Waals surface area contributed by atoms with E-state index in [-0.39, 0.29) is 11.9 Å². The molecule has 0 spiro atoms. The number of nitrogens with zero attached hydrogens (tertiary/aromatic N) is 1. The fourth-order valence-electron chi connectivity index (χ4n) is 1.93. The molecule has 2 rings (SSSR count). The highest BCUT2D eigenvalue weighted by molar-refractivity contribution is 6.35. The first kappa shape index (κ1) is 15.8. The maximum Gasteiger partial charge on any atom is 0.293 e.